The largest absolute Gasteiger partial charge is 0.314 e. The van der Waals surface area contributed by atoms with Crippen molar-refractivity contribution in [3.63, 3.8) is 0 Å². The number of rotatable bonds is 7. The zero-order valence-corrected chi connectivity index (χ0v) is 13.0. The molecule has 108 valence electrons. The third-order valence-corrected chi connectivity index (χ3v) is 4.45. The Morgan fingerprint density at radius 1 is 1.11 bits per heavy atom. The summed E-state index contributed by atoms with van der Waals surface area (Å²) in [7, 11) is -3.38. The van der Waals surface area contributed by atoms with Gasteiger partial charge < -0.3 is 5.32 Å². The van der Waals surface area contributed by atoms with Crippen LogP contribution in [0.1, 0.15) is 31.4 Å². The number of hydrogen-bond acceptors (Lipinski definition) is 3. The third kappa shape index (κ3) is 5.30. The van der Waals surface area contributed by atoms with Crippen LogP contribution in [0, 0.1) is 13.8 Å². The van der Waals surface area contributed by atoms with Crippen LogP contribution in [0.15, 0.2) is 23.1 Å². The van der Waals surface area contributed by atoms with E-state index in [2.05, 4.69) is 23.9 Å². The van der Waals surface area contributed by atoms with Gasteiger partial charge in [-0.2, -0.15) is 0 Å². The standard InChI is InChI=1S/C14H24N2O2S/c1-11(2)15-8-5-9-16-19(17,18)14-7-6-12(3)13(4)10-14/h6-7,10-11,15-16H,5,8-9H2,1-4H3. The molecule has 0 aliphatic carbocycles. The van der Waals surface area contributed by atoms with Crippen molar-refractivity contribution in [3.8, 4) is 0 Å². The second-order valence-electron chi connectivity index (χ2n) is 5.11. The highest BCUT2D eigenvalue weighted by Crippen LogP contribution is 2.14. The molecule has 4 nitrogen and oxygen atoms in total. The lowest BCUT2D eigenvalue weighted by atomic mass is 10.1. The highest BCUT2D eigenvalue weighted by atomic mass is 32.2. The van der Waals surface area contributed by atoms with Crippen LogP contribution in [0.3, 0.4) is 0 Å². The van der Waals surface area contributed by atoms with E-state index in [0.717, 1.165) is 24.1 Å². The van der Waals surface area contributed by atoms with Crippen molar-refractivity contribution in [2.75, 3.05) is 13.1 Å². The van der Waals surface area contributed by atoms with Gasteiger partial charge in [-0.1, -0.05) is 19.9 Å². The molecule has 2 N–H and O–H groups in total. The first-order chi connectivity index (χ1) is 8.83. The minimum absolute atomic E-state index is 0.340. The molecule has 1 aromatic carbocycles. The predicted octanol–water partition coefficient (Wildman–Crippen LogP) is 1.97. The number of nitrogens with one attached hydrogen (secondary N) is 2. The Morgan fingerprint density at radius 3 is 2.37 bits per heavy atom. The molecule has 1 aromatic rings. The van der Waals surface area contributed by atoms with Gasteiger partial charge >= 0.3 is 0 Å². The number of sulfonamides is 1. The van der Waals surface area contributed by atoms with Crippen molar-refractivity contribution in [2.24, 2.45) is 0 Å². The van der Waals surface area contributed by atoms with Crippen molar-refractivity contribution in [1.29, 1.82) is 0 Å². The van der Waals surface area contributed by atoms with E-state index in [1.807, 2.05) is 19.9 Å². The van der Waals surface area contributed by atoms with Crippen LogP contribution in [0.4, 0.5) is 0 Å². The predicted molar refractivity (Wildman–Crippen MR) is 78.9 cm³/mol. The van der Waals surface area contributed by atoms with E-state index in [1.165, 1.54) is 0 Å². The Balaban J connectivity index is 2.54. The maximum atomic E-state index is 12.1. The Kier molecular flexibility index (Phi) is 5.97. The van der Waals surface area contributed by atoms with E-state index < -0.39 is 10.0 Å². The molecule has 0 amide bonds. The van der Waals surface area contributed by atoms with Crippen LogP contribution in [0.5, 0.6) is 0 Å². The van der Waals surface area contributed by atoms with Crippen LogP contribution < -0.4 is 10.0 Å². The van der Waals surface area contributed by atoms with Crippen LogP contribution >= 0.6 is 0 Å². The van der Waals surface area contributed by atoms with Gasteiger partial charge in [-0.05, 0) is 50.1 Å². The SMILES string of the molecule is Cc1ccc(S(=O)(=O)NCCCNC(C)C)cc1C. The van der Waals surface area contributed by atoms with Gasteiger partial charge in [0.15, 0.2) is 0 Å². The summed E-state index contributed by atoms with van der Waals surface area (Å²) in [5, 5.41) is 3.25. The lowest BCUT2D eigenvalue weighted by Gasteiger charge is -2.10. The first-order valence-corrected chi connectivity index (χ1v) is 8.11. The Morgan fingerprint density at radius 2 is 1.79 bits per heavy atom. The molecule has 5 heteroatoms. The first-order valence-electron chi connectivity index (χ1n) is 6.63. The van der Waals surface area contributed by atoms with Crippen LogP contribution in [-0.4, -0.2) is 27.5 Å². The summed E-state index contributed by atoms with van der Waals surface area (Å²) in [6.07, 6.45) is 0.780. The van der Waals surface area contributed by atoms with Crippen LogP contribution in [-0.2, 0) is 10.0 Å². The van der Waals surface area contributed by atoms with Crippen molar-refractivity contribution in [1.82, 2.24) is 10.0 Å². The summed E-state index contributed by atoms with van der Waals surface area (Å²) in [5.74, 6) is 0. The number of hydrogen-bond donors (Lipinski definition) is 2. The molecular weight excluding hydrogens is 260 g/mol. The molecule has 0 aliphatic rings. The van der Waals surface area contributed by atoms with Gasteiger partial charge in [-0.25, -0.2) is 13.1 Å². The molecule has 0 bridgehead atoms. The molecule has 19 heavy (non-hydrogen) atoms. The van der Waals surface area contributed by atoms with Crippen molar-refractivity contribution in [3.05, 3.63) is 29.3 Å². The Labute approximate surface area is 116 Å². The molecule has 0 spiro atoms. The summed E-state index contributed by atoms with van der Waals surface area (Å²) in [4.78, 5) is 0.340. The molecule has 1 rings (SSSR count). The monoisotopic (exact) mass is 284 g/mol. The van der Waals surface area contributed by atoms with E-state index in [1.54, 1.807) is 12.1 Å². The molecule has 0 aliphatic heterocycles. The molecule has 0 radical (unpaired) electrons. The fourth-order valence-corrected chi connectivity index (χ4v) is 2.81. The first kappa shape index (κ1) is 16.1. The van der Waals surface area contributed by atoms with Crippen LogP contribution in [0.2, 0.25) is 0 Å². The summed E-state index contributed by atoms with van der Waals surface area (Å²) in [5.41, 5.74) is 2.09. The Hall–Kier alpha value is -0.910. The maximum Gasteiger partial charge on any atom is 0.240 e. The Bertz CT molecular complexity index is 510. The second-order valence-corrected chi connectivity index (χ2v) is 6.87. The van der Waals surface area contributed by atoms with Gasteiger partial charge in [-0.3, -0.25) is 0 Å². The molecule has 0 saturated heterocycles. The maximum absolute atomic E-state index is 12.1. The topological polar surface area (TPSA) is 58.2 Å². The lowest BCUT2D eigenvalue weighted by Crippen LogP contribution is -2.29. The number of benzene rings is 1. The quantitative estimate of drug-likeness (QED) is 0.753. The lowest BCUT2D eigenvalue weighted by molar-refractivity contribution is 0.554. The summed E-state index contributed by atoms with van der Waals surface area (Å²) < 4.78 is 26.8. The molecule has 0 heterocycles. The summed E-state index contributed by atoms with van der Waals surface area (Å²) in [6.45, 7) is 9.29. The van der Waals surface area contributed by atoms with Gasteiger partial charge in [0.2, 0.25) is 10.0 Å². The number of aryl methyl sites for hydroxylation is 2. The highest BCUT2D eigenvalue weighted by Gasteiger charge is 2.13. The minimum Gasteiger partial charge on any atom is -0.314 e. The van der Waals surface area contributed by atoms with E-state index in [4.69, 9.17) is 0 Å². The van der Waals surface area contributed by atoms with Gasteiger partial charge in [0, 0.05) is 12.6 Å². The average molecular weight is 284 g/mol. The highest BCUT2D eigenvalue weighted by molar-refractivity contribution is 7.89. The second kappa shape index (κ2) is 7.03. The van der Waals surface area contributed by atoms with Gasteiger partial charge in [0.25, 0.3) is 0 Å². The molecule has 0 unspecified atom stereocenters. The van der Waals surface area contributed by atoms with Gasteiger partial charge in [-0.15, -0.1) is 0 Å². The zero-order chi connectivity index (χ0) is 14.5. The van der Waals surface area contributed by atoms with Gasteiger partial charge in [0.1, 0.15) is 0 Å². The fraction of sp³-hybridized carbons (Fsp3) is 0.571. The van der Waals surface area contributed by atoms with E-state index in [0.29, 0.717) is 17.5 Å². The molecule has 0 fully saturated rings. The van der Waals surface area contributed by atoms with E-state index in [9.17, 15) is 8.42 Å². The molecule has 0 atom stereocenters. The molecular formula is C14H24N2O2S. The smallest absolute Gasteiger partial charge is 0.240 e. The average Bonchev–Trinajstić information content (AvgIpc) is 2.31. The fourth-order valence-electron chi connectivity index (χ4n) is 1.65. The third-order valence-electron chi connectivity index (χ3n) is 2.99. The van der Waals surface area contributed by atoms with E-state index in [-0.39, 0.29) is 0 Å². The van der Waals surface area contributed by atoms with Crippen molar-refractivity contribution in [2.45, 2.75) is 45.1 Å². The summed E-state index contributed by atoms with van der Waals surface area (Å²) in [6, 6.07) is 5.63. The molecule has 0 aromatic heterocycles. The van der Waals surface area contributed by atoms with Crippen LogP contribution in [0.25, 0.3) is 0 Å². The van der Waals surface area contributed by atoms with Crippen molar-refractivity contribution >= 4 is 10.0 Å². The van der Waals surface area contributed by atoms with Gasteiger partial charge in [0.05, 0.1) is 4.90 Å². The van der Waals surface area contributed by atoms with Crippen molar-refractivity contribution < 1.29 is 8.42 Å². The molecule has 0 saturated carbocycles. The zero-order valence-electron chi connectivity index (χ0n) is 12.2. The van der Waals surface area contributed by atoms with E-state index >= 15 is 0 Å². The summed E-state index contributed by atoms with van der Waals surface area (Å²) >= 11 is 0. The normalized spacial score (nSPS) is 12.1. The minimum atomic E-state index is -3.38.